The van der Waals surface area contributed by atoms with E-state index in [0.717, 1.165) is 12.3 Å². The van der Waals surface area contributed by atoms with Crippen LogP contribution in [0.15, 0.2) is 24.3 Å². The third-order valence-corrected chi connectivity index (χ3v) is 3.71. The zero-order valence-corrected chi connectivity index (χ0v) is 11.6. The quantitative estimate of drug-likeness (QED) is 0.928. The van der Waals surface area contributed by atoms with E-state index in [4.69, 9.17) is 0 Å². The van der Waals surface area contributed by atoms with E-state index in [1.54, 1.807) is 13.8 Å². The number of benzene rings is 1. The third-order valence-electron chi connectivity index (χ3n) is 2.91. The molecule has 0 aromatic heterocycles. The van der Waals surface area contributed by atoms with E-state index in [1.807, 2.05) is 0 Å². The SMILES string of the molecule is C[C@H](NS(C)(=O)=O)[C@H](C)c1ccccc1C(F)(F)F. The number of hydrogen-bond acceptors (Lipinski definition) is 2. The molecule has 0 spiro atoms. The van der Waals surface area contributed by atoms with Crippen molar-refractivity contribution < 1.29 is 21.6 Å². The minimum Gasteiger partial charge on any atom is -0.213 e. The van der Waals surface area contributed by atoms with Gasteiger partial charge in [0, 0.05) is 6.04 Å². The Morgan fingerprint density at radius 1 is 1.16 bits per heavy atom. The Hall–Kier alpha value is -1.08. The van der Waals surface area contributed by atoms with Crippen LogP contribution in [-0.2, 0) is 16.2 Å². The molecule has 0 aliphatic carbocycles. The van der Waals surface area contributed by atoms with Crippen LogP contribution in [0.3, 0.4) is 0 Å². The molecule has 1 rings (SSSR count). The number of sulfonamides is 1. The fourth-order valence-corrected chi connectivity index (χ4v) is 2.74. The van der Waals surface area contributed by atoms with Crippen LogP contribution in [0.1, 0.15) is 30.9 Å². The molecule has 0 unspecified atom stereocenters. The summed E-state index contributed by atoms with van der Waals surface area (Å²) in [5.41, 5.74) is -0.650. The van der Waals surface area contributed by atoms with Crippen molar-refractivity contribution in [3.63, 3.8) is 0 Å². The lowest BCUT2D eigenvalue weighted by Gasteiger charge is -2.23. The first-order valence-electron chi connectivity index (χ1n) is 5.66. The summed E-state index contributed by atoms with van der Waals surface area (Å²) in [6, 6.07) is 4.56. The van der Waals surface area contributed by atoms with Gasteiger partial charge >= 0.3 is 6.18 Å². The molecule has 0 aliphatic rings. The molecule has 0 saturated carbocycles. The first kappa shape index (κ1) is 16.0. The smallest absolute Gasteiger partial charge is 0.213 e. The summed E-state index contributed by atoms with van der Waals surface area (Å²) >= 11 is 0. The van der Waals surface area contributed by atoms with Crippen LogP contribution < -0.4 is 4.72 Å². The largest absolute Gasteiger partial charge is 0.416 e. The summed E-state index contributed by atoms with van der Waals surface area (Å²) in [6.45, 7) is 3.10. The number of halogens is 3. The van der Waals surface area contributed by atoms with Crippen LogP contribution in [0.25, 0.3) is 0 Å². The van der Waals surface area contributed by atoms with Gasteiger partial charge in [0.2, 0.25) is 10.0 Å². The molecule has 0 bridgehead atoms. The van der Waals surface area contributed by atoms with Gasteiger partial charge < -0.3 is 0 Å². The first-order valence-corrected chi connectivity index (χ1v) is 7.55. The summed E-state index contributed by atoms with van der Waals surface area (Å²) in [7, 11) is -3.46. The predicted molar refractivity (Wildman–Crippen MR) is 67.3 cm³/mol. The molecule has 0 saturated heterocycles. The normalized spacial score (nSPS) is 16.1. The van der Waals surface area contributed by atoms with Gasteiger partial charge in [0.15, 0.2) is 0 Å². The van der Waals surface area contributed by atoms with Gasteiger partial charge in [0.25, 0.3) is 0 Å². The van der Waals surface area contributed by atoms with Gasteiger partial charge in [0.05, 0.1) is 11.8 Å². The molecule has 19 heavy (non-hydrogen) atoms. The highest BCUT2D eigenvalue weighted by molar-refractivity contribution is 7.88. The molecule has 0 aliphatic heterocycles. The van der Waals surface area contributed by atoms with Crippen LogP contribution in [-0.4, -0.2) is 20.7 Å². The zero-order chi connectivity index (χ0) is 14.8. The Kier molecular flexibility index (Phi) is 4.63. The molecular formula is C12H16F3NO2S. The van der Waals surface area contributed by atoms with Crippen molar-refractivity contribution in [1.29, 1.82) is 0 Å². The standard InChI is InChI=1S/C12H16F3NO2S/c1-8(9(2)16-19(3,17)18)10-6-4-5-7-11(10)12(13,14)15/h4-9,16H,1-3H3/t8-,9-/m0/s1. The highest BCUT2D eigenvalue weighted by Gasteiger charge is 2.35. The Bertz CT molecular complexity index is 540. The Morgan fingerprint density at radius 3 is 2.16 bits per heavy atom. The molecule has 1 aromatic rings. The molecule has 0 heterocycles. The van der Waals surface area contributed by atoms with E-state index < -0.39 is 33.7 Å². The minimum atomic E-state index is -4.45. The fourth-order valence-electron chi connectivity index (χ4n) is 1.86. The van der Waals surface area contributed by atoms with E-state index in [-0.39, 0.29) is 5.56 Å². The average Bonchev–Trinajstić information content (AvgIpc) is 2.24. The highest BCUT2D eigenvalue weighted by Crippen LogP contribution is 2.35. The van der Waals surface area contributed by atoms with Crippen molar-refractivity contribution in [3.8, 4) is 0 Å². The monoisotopic (exact) mass is 295 g/mol. The Balaban J connectivity index is 3.10. The Morgan fingerprint density at radius 2 is 1.68 bits per heavy atom. The summed E-state index contributed by atoms with van der Waals surface area (Å²) in [5.74, 6) is -0.590. The average molecular weight is 295 g/mol. The van der Waals surface area contributed by atoms with Crippen molar-refractivity contribution >= 4 is 10.0 Å². The van der Waals surface area contributed by atoms with E-state index in [9.17, 15) is 21.6 Å². The van der Waals surface area contributed by atoms with Gasteiger partial charge in [-0.15, -0.1) is 0 Å². The molecule has 1 N–H and O–H groups in total. The van der Waals surface area contributed by atoms with Gasteiger partial charge in [0.1, 0.15) is 0 Å². The highest BCUT2D eigenvalue weighted by atomic mass is 32.2. The van der Waals surface area contributed by atoms with Crippen molar-refractivity contribution in [3.05, 3.63) is 35.4 Å². The van der Waals surface area contributed by atoms with Crippen LogP contribution in [0, 0.1) is 0 Å². The van der Waals surface area contributed by atoms with Crippen molar-refractivity contribution in [1.82, 2.24) is 4.72 Å². The molecule has 108 valence electrons. The lowest BCUT2D eigenvalue weighted by atomic mass is 9.91. The lowest BCUT2D eigenvalue weighted by Crippen LogP contribution is -2.35. The van der Waals surface area contributed by atoms with Crippen LogP contribution in [0.4, 0.5) is 13.2 Å². The van der Waals surface area contributed by atoms with E-state index in [2.05, 4.69) is 4.72 Å². The van der Waals surface area contributed by atoms with E-state index in [0.29, 0.717) is 0 Å². The fraction of sp³-hybridized carbons (Fsp3) is 0.500. The second-order valence-electron chi connectivity index (χ2n) is 4.55. The van der Waals surface area contributed by atoms with Crippen molar-refractivity contribution in [2.24, 2.45) is 0 Å². The summed E-state index contributed by atoms with van der Waals surface area (Å²) in [5, 5.41) is 0. The van der Waals surface area contributed by atoms with Crippen LogP contribution in [0.5, 0.6) is 0 Å². The minimum absolute atomic E-state index is 0.0821. The Labute approximate surface area is 110 Å². The molecule has 1 aromatic carbocycles. The first-order chi connectivity index (χ1) is 8.52. The van der Waals surface area contributed by atoms with Gasteiger partial charge in [-0.3, -0.25) is 0 Å². The number of hydrogen-bond donors (Lipinski definition) is 1. The summed E-state index contributed by atoms with van der Waals surface area (Å²) in [4.78, 5) is 0. The van der Waals surface area contributed by atoms with Gasteiger partial charge in [-0.1, -0.05) is 25.1 Å². The number of rotatable bonds is 4. The van der Waals surface area contributed by atoms with Gasteiger partial charge in [-0.05, 0) is 24.5 Å². The predicted octanol–water partition coefficient (Wildman–Crippen LogP) is 2.75. The number of alkyl halides is 3. The van der Waals surface area contributed by atoms with Crippen LogP contribution in [0.2, 0.25) is 0 Å². The molecule has 3 nitrogen and oxygen atoms in total. The molecule has 7 heteroatoms. The molecule has 0 radical (unpaired) electrons. The van der Waals surface area contributed by atoms with Gasteiger partial charge in [-0.25, -0.2) is 13.1 Å². The molecule has 0 amide bonds. The topological polar surface area (TPSA) is 46.2 Å². The lowest BCUT2D eigenvalue weighted by molar-refractivity contribution is -0.138. The van der Waals surface area contributed by atoms with E-state index >= 15 is 0 Å². The van der Waals surface area contributed by atoms with Crippen LogP contribution >= 0.6 is 0 Å². The molecular weight excluding hydrogens is 279 g/mol. The third kappa shape index (κ3) is 4.50. The maximum atomic E-state index is 12.9. The number of nitrogens with one attached hydrogen (secondary N) is 1. The summed E-state index contributed by atoms with van der Waals surface area (Å²) in [6.07, 6.45) is -3.47. The maximum Gasteiger partial charge on any atom is 0.416 e. The molecule has 0 fully saturated rings. The van der Waals surface area contributed by atoms with Crippen molar-refractivity contribution in [2.75, 3.05) is 6.26 Å². The second kappa shape index (κ2) is 5.50. The van der Waals surface area contributed by atoms with E-state index in [1.165, 1.54) is 18.2 Å². The maximum absolute atomic E-state index is 12.9. The molecule has 2 atom stereocenters. The summed E-state index contributed by atoms with van der Waals surface area (Å²) < 4.78 is 63.2. The van der Waals surface area contributed by atoms with Crippen molar-refractivity contribution in [2.45, 2.75) is 32.0 Å². The zero-order valence-electron chi connectivity index (χ0n) is 10.8. The second-order valence-corrected chi connectivity index (χ2v) is 6.33. The van der Waals surface area contributed by atoms with Gasteiger partial charge in [-0.2, -0.15) is 13.2 Å².